The average molecular weight is 257 g/mol. The van der Waals surface area contributed by atoms with E-state index < -0.39 is 10.0 Å². The Balaban J connectivity index is 2.27. The molecule has 86 valence electrons. The molecule has 1 aliphatic heterocycles. The largest absolute Gasteiger partial charge is 0.313 e. The van der Waals surface area contributed by atoms with Crippen LogP contribution in [-0.4, -0.2) is 38.9 Å². The van der Waals surface area contributed by atoms with Gasteiger partial charge in [0.2, 0.25) is 0 Å². The van der Waals surface area contributed by atoms with Gasteiger partial charge in [-0.25, -0.2) is 8.42 Å². The summed E-state index contributed by atoms with van der Waals surface area (Å²) in [5.74, 6) is 0. The Kier molecular flexibility index (Phi) is 2.99. The molecule has 1 aliphatic rings. The quantitative estimate of drug-likeness (QED) is 0.840. The summed E-state index contributed by atoms with van der Waals surface area (Å²) in [5, 5.41) is 11.7. The number of nitrogens with zero attached hydrogens (tertiary/aromatic N) is 2. The van der Waals surface area contributed by atoms with E-state index in [1.807, 2.05) is 6.07 Å². The Hall–Kier alpha value is -0.940. The molecule has 0 bridgehead atoms. The Morgan fingerprint density at radius 1 is 1.56 bits per heavy atom. The number of hydrogen-bond donors (Lipinski definition) is 1. The molecule has 1 saturated heterocycles. The maximum atomic E-state index is 12.1. The molecular weight excluding hydrogens is 246 g/mol. The summed E-state index contributed by atoms with van der Waals surface area (Å²) in [7, 11) is -1.85. The number of hydrogen-bond acceptors (Lipinski definition) is 5. The standard InChI is InChI=1S/C9H11N3O2S2/c1-12(7-5-11-6-7)16(13,14)9-3-2-8(4-10)15-9/h2-3,7,11H,5-6H2,1H3. The fourth-order valence-corrected chi connectivity index (χ4v) is 4.03. The molecule has 16 heavy (non-hydrogen) atoms. The van der Waals surface area contributed by atoms with Crippen LogP contribution in [0.1, 0.15) is 4.88 Å². The van der Waals surface area contributed by atoms with Crippen molar-refractivity contribution in [3.05, 3.63) is 17.0 Å². The van der Waals surface area contributed by atoms with E-state index in [1.165, 1.54) is 16.4 Å². The van der Waals surface area contributed by atoms with Gasteiger partial charge in [-0.1, -0.05) is 0 Å². The van der Waals surface area contributed by atoms with Gasteiger partial charge in [-0.15, -0.1) is 11.3 Å². The molecule has 5 nitrogen and oxygen atoms in total. The Bertz CT molecular complexity index is 525. The summed E-state index contributed by atoms with van der Waals surface area (Å²) < 4.78 is 25.8. The van der Waals surface area contributed by atoms with Gasteiger partial charge in [0.25, 0.3) is 10.0 Å². The molecular formula is C9H11N3O2S2. The summed E-state index contributed by atoms with van der Waals surface area (Å²) in [4.78, 5) is 0.415. The first kappa shape index (κ1) is 11.5. The van der Waals surface area contributed by atoms with Crippen molar-refractivity contribution in [3.63, 3.8) is 0 Å². The van der Waals surface area contributed by atoms with Gasteiger partial charge in [-0.2, -0.15) is 9.57 Å². The molecule has 7 heteroatoms. The maximum Gasteiger partial charge on any atom is 0.252 e. The Morgan fingerprint density at radius 2 is 2.25 bits per heavy atom. The summed E-state index contributed by atoms with van der Waals surface area (Å²) in [6, 6.07) is 4.98. The molecule has 0 atom stereocenters. The van der Waals surface area contributed by atoms with Crippen molar-refractivity contribution in [2.45, 2.75) is 10.3 Å². The third-order valence-corrected chi connectivity index (χ3v) is 5.97. The maximum absolute atomic E-state index is 12.1. The molecule has 0 unspecified atom stereocenters. The van der Waals surface area contributed by atoms with Crippen molar-refractivity contribution in [3.8, 4) is 6.07 Å². The lowest BCUT2D eigenvalue weighted by atomic mass is 10.2. The molecule has 0 radical (unpaired) electrons. The van der Waals surface area contributed by atoms with Crippen LogP contribution in [0.25, 0.3) is 0 Å². The van der Waals surface area contributed by atoms with Crippen LogP contribution < -0.4 is 5.32 Å². The van der Waals surface area contributed by atoms with E-state index in [0.29, 0.717) is 18.0 Å². The van der Waals surface area contributed by atoms with E-state index in [1.54, 1.807) is 7.05 Å². The van der Waals surface area contributed by atoms with E-state index in [4.69, 9.17) is 5.26 Å². The van der Waals surface area contributed by atoms with Gasteiger partial charge in [0, 0.05) is 26.2 Å². The molecule has 1 aromatic heterocycles. The zero-order valence-corrected chi connectivity index (χ0v) is 10.3. The van der Waals surface area contributed by atoms with Gasteiger partial charge in [0.1, 0.15) is 15.2 Å². The molecule has 0 amide bonds. The van der Waals surface area contributed by atoms with Crippen molar-refractivity contribution >= 4 is 21.4 Å². The summed E-state index contributed by atoms with van der Waals surface area (Å²) in [6.45, 7) is 1.37. The molecule has 1 fully saturated rings. The highest BCUT2D eigenvalue weighted by atomic mass is 32.2. The molecule has 1 N–H and O–H groups in total. The van der Waals surface area contributed by atoms with Crippen molar-refractivity contribution in [2.24, 2.45) is 0 Å². The second-order valence-corrected chi connectivity index (χ2v) is 6.87. The number of rotatable bonds is 3. The first-order chi connectivity index (χ1) is 7.55. The minimum absolute atomic E-state index is 0.0256. The van der Waals surface area contributed by atoms with Crippen molar-refractivity contribution < 1.29 is 8.42 Å². The lowest BCUT2D eigenvalue weighted by molar-refractivity contribution is 0.274. The van der Waals surface area contributed by atoms with Crippen LogP contribution >= 0.6 is 11.3 Å². The fourth-order valence-electron chi connectivity index (χ4n) is 1.39. The first-order valence-corrected chi connectivity index (χ1v) is 7.00. The first-order valence-electron chi connectivity index (χ1n) is 4.74. The highest BCUT2D eigenvalue weighted by Gasteiger charge is 2.32. The monoisotopic (exact) mass is 257 g/mol. The smallest absolute Gasteiger partial charge is 0.252 e. The van der Waals surface area contributed by atoms with Gasteiger partial charge < -0.3 is 5.32 Å². The molecule has 0 aromatic carbocycles. The van der Waals surface area contributed by atoms with E-state index in [-0.39, 0.29) is 10.3 Å². The zero-order chi connectivity index (χ0) is 11.8. The van der Waals surface area contributed by atoms with Crippen LogP contribution in [-0.2, 0) is 10.0 Å². The Labute approximate surface area is 98.4 Å². The van der Waals surface area contributed by atoms with Gasteiger partial charge in [-0.3, -0.25) is 0 Å². The lowest BCUT2D eigenvalue weighted by Crippen LogP contribution is -2.57. The van der Waals surface area contributed by atoms with E-state index in [2.05, 4.69) is 5.32 Å². The van der Waals surface area contributed by atoms with Crippen LogP contribution in [0.15, 0.2) is 16.3 Å². The van der Waals surface area contributed by atoms with Crippen molar-refractivity contribution in [1.29, 1.82) is 5.26 Å². The second kappa shape index (κ2) is 4.14. The molecule has 0 spiro atoms. The third kappa shape index (κ3) is 1.85. The number of likely N-dealkylation sites (N-methyl/N-ethyl adjacent to an activating group) is 1. The SMILES string of the molecule is CN(C1CNC1)S(=O)(=O)c1ccc(C#N)s1. The summed E-state index contributed by atoms with van der Waals surface area (Å²) in [5.41, 5.74) is 0. The van der Waals surface area contributed by atoms with E-state index in [9.17, 15) is 8.42 Å². The minimum atomic E-state index is -3.43. The second-order valence-electron chi connectivity index (χ2n) is 3.56. The number of nitrogens with one attached hydrogen (secondary N) is 1. The van der Waals surface area contributed by atoms with E-state index in [0.717, 1.165) is 11.3 Å². The van der Waals surface area contributed by atoms with Crippen LogP contribution in [0, 0.1) is 11.3 Å². The van der Waals surface area contributed by atoms with Gasteiger partial charge >= 0.3 is 0 Å². The summed E-state index contributed by atoms with van der Waals surface area (Å²) >= 11 is 1.01. The van der Waals surface area contributed by atoms with Gasteiger partial charge in [0.05, 0.1) is 0 Å². The topological polar surface area (TPSA) is 73.2 Å². The van der Waals surface area contributed by atoms with Crippen LogP contribution in [0.3, 0.4) is 0 Å². The van der Waals surface area contributed by atoms with Gasteiger partial charge in [-0.05, 0) is 12.1 Å². The van der Waals surface area contributed by atoms with Gasteiger partial charge in [0.15, 0.2) is 0 Å². The normalized spacial score (nSPS) is 17.1. The summed E-state index contributed by atoms with van der Waals surface area (Å²) in [6.07, 6.45) is 0. The molecule has 0 aliphatic carbocycles. The molecule has 0 saturated carbocycles. The highest BCUT2D eigenvalue weighted by Crippen LogP contribution is 2.25. The number of thiophene rings is 1. The van der Waals surface area contributed by atoms with Crippen molar-refractivity contribution in [2.75, 3.05) is 20.1 Å². The van der Waals surface area contributed by atoms with Crippen LogP contribution in [0.2, 0.25) is 0 Å². The fraction of sp³-hybridized carbons (Fsp3) is 0.444. The predicted molar refractivity (Wildman–Crippen MR) is 60.6 cm³/mol. The van der Waals surface area contributed by atoms with Crippen LogP contribution in [0.4, 0.5) is 0 Å². The molecule has 2 rings (SSSR count). The number of sulfonamides is 1. The minimum Gasteiger partial charge on any atom is -0.313 e. The Morgan fingerprint density at radius 3 is 2.69 bits per heavy atom. The number of nitriles is 1. The average Bonchev–Trinajstić information content (AvgIpc) is 2.63. The molecule has 2 heterocycles. The van der Waals surface area contributed by atoms with E-state index >= 15 is 0 Å². The third-order valence-electron chi connectivity index (χ3n) is 2.60. The lowest BCUT2D eigenvalue weighted by Gasteiger charge is -2.34. The van der Waals surface area contributed by atoms with Crippen molar-refractivity contribution in [1.82, 2.24) is 9.62 Å². The zero-order valence-electron chi connectivity index (χ0n) is 8.67. The molecule has 1 aromatic rings. The van der Waals surface area contributed by atoms with Crippen LogP contribution in [0.5, 0.6) is 0 Å². The predicted octanol–water partition coefficient (Wildman–Crippen LogP) is 0.212. The highest BCUT2D eigenvalue weighted by molar-refractivity contribution is 7.91.